The highest BCUT2D eigenvalue weighted by atomic mass is 35.5. The molecule has 0 aliphatic carbocycles. The Labute approximate surface area is 163 Å². The van der Waals surface area contributed by atoms with Crippen molar-refractivity contribution >= 4 is 33.3 Å². The Balaban J connectivity index is 1.71. The third-order valence-corrected chi connectivity index (χ3v) is 6.64. The molecule has 0 unspecified atom stereocenters. The van der Waals surface area contributed by atoms with E-state index in [0.717, 1.165) is 0 Å². The molecule has 8 heteroatoms. The number of ketones is 1. The Hall–Kier alpha value is -2.22. The maximum absolute atomic E-state index is 12.8. The van der Waals surface area contributed by atoms with Crippen molar-refractivity contribution < 1.29 is 18.0 Å². The lowest BCUT2D eigenvalue weighted by molar-refractivity contribution is 0.0697. The number of carbonyl (C=O) groups is 2. The fourth-order valence-corrected chi connectivity index (χ4v) is 4.53. The van der Waals surface area contributed by atoms with Crippen LogP contribution in [0.5, 0.6) is 0 Å². The molecule has 0 aromatic heterocycles. The molecule has 0 radical (unpaired) electrons. The summed E-state index contributed by atoms with van der Waals surface area (Å²) >= 11 is 5.84. The topological polar surface area (TPSA) is 74.8 Å². The molecule has 3 rings (SSSR count). The largest absolute Gasteiger partial charge is 0.336 e. The van der Waals surface area contributed by atoms with Crippen molar-refractivity contribution in [2.24, 2.45) is 0 Å². The fraction of sp³-hybridized carbons (Fsp3) is 0.263. The Morgan fingerprint density at radius 2 is 1.56 bits per heavy atom. The van der Waals surface area contributed by atoms with Gasteiger partial charge in [-0.2, -0.15) is 4.31 Å². The predicted octanol–water partition coefficient (Wildman–Crippen LogP) is 2.69. The normalized spacial score (nSPS) is 15.6. The maximum atomic E-state index is 12.8. The zero-order valence-electron chi connectivity index (χ0n) is 14.8. The van der Waals surface area contributed by atoms with Crippen LogP contribution in [0.1, 0.15) is 27.6 Å². The van der Waals surface area contributed by atoms with E-state index in [1.807, 2.05) is 0 Å². The van der Waals surface area contributed by atoms with Crippen LogP contribution in [0.3, 0.4) is 0 Å². The Morgan fingerprint density at radius 1 is 0.926 bits per heavy atom. The maximum Gasteiger partial charge on any atom is 0.253 e. The Kier molecular flexibility index (Phi) is 5.64. The lowest BCUT2D eigenvalue weighted by atomic mass is 10.2. The molecule has 1 heterocycles. The van der Waals surface area contributed by atoms with Crippen molar-refractivity contribution in [3.8, 4) is 0 Å². The van der Waals surface area contributed by atoms with E-state index in [2.05, 4.69) is 0 Å². The van der Waals surface area contributed by atoms with E-state index in [-0.39, 0.29) is 29.7 Å². The molecule has 1 amide bonds. The molecule has 0 atom stereocenters. The van der Waals surface area contributed by atoms with Gasteiger partial charge in [0.15, 0.2) is 5.78 Å². The minimum atomic E-state index is -3.71. The first-order chi connectivity index (χ1) is 12.8. The van der Waals surface area contributed by atoms with E-state index in [9.17, 15) is 18.0 Å². The number of piperazine rings is 1. The van der Waals surface area contributed by atoms with Crippen LogP contribution in [0.15, 0.2) is 53.4 Å². The Bertz CT molecular complexity index is 965. The molecule has 2 aromatic rings. The highest BCUT2D eigenvalue weighted by molar-refractivity contribution is 7.89. The van der Waals surface area contributed by atoms with Crippen LogP contribution in [0.2, 0.25) is 5.02 Å². The smallest absolute Gasteiger partial charge is 0.253 e. The molecule has 0 saturated carbocycles. The number of carbonyl (C=O) groups excluding carboxylic acids is 2. The first kappa shape index (κ1) is 19.5. The van der Waals surface area contributed by atoms with Crippen LogP contribution in [-0.2, 0) is 10.0 Å². The minimum Gasteiger partial charge on any atom is -0.336 e. The summed E-state index contributed by atoms with van der Waals surface area (Å²) < 4.78 is 27.0. The molecule has 1 aliphatic rings. The second-order valence-electron chi connectivity index (χ2n) is 6.29. The van der Waals surface area contributed by atoms with Crippen LogP contribution in [0.25, 0.3) is 0 Å². The zero-order chi connectivity index (χ0) is 19.6. The van der Waals surface area contributed by atoms with E-state index in [1.54, 1.807) is 41.3 Å². The minimum absolute atomic E-state index is 0.0904. The van der Waals surface area contributed by atoms with Gasteiger partial charge >= 0.3 is 0 Å². The van der Waals surface area contributed by atoms with Crippen molar-refractivity contribution in [1.82, 2.24) is 9.21 Å². The quantitative estimate of drug-likeness (QED) is 0.731. The van der Waals surface area contributed by atoms with Crippen molar-refractivity contribution in [2.75, 3.05) is 26.2 Å². The summed E-state index contributed by atoms with van der Waals surface area (Å²) in [6, 6.07) is 12.6. The zero-order valence-corrected chi connectivity index (χ0v) is 16.3. The monoisotopic (exact) mass is 406 g/mol. The van der Waals surface area contributed by atoms with E-state index in [4.69, 9.17) is 11.6 Å². The number of Topliss-reactive ketones (excluding diaryl/α,β-unsaturated/α-hetero) is 1. The van der Waals surface area contributed by atoms with E-state index in [0.29, 0.717) is 29.2 Å². The Morgan fingerprint density at radius 3 is 2.15 bits per heavy atom. The van der Waals surface area contributed by atoms with Gasteiger partial charge in [-0.1, -0.05) is 23.7 Å². The van der Waals surface area contributed by atoms with Gasteiger partial charge in [0.05, 0.1) is 4.90 Å². The van der Waals surface area contributed by atoms with Gasteiger partial charge in [0.1, 0.15) is 0 Å². The lowest BCUT2D eigenvalue weighted by Crippen LogP contribution is -2.50. The van der Waals surface area contributed by atoms with Crippen LogP contribution in [0.4, 0.5) is 0 Å². The van der Waals surface area contributed by atoms with Crippen LogP contribution < -0.4 is 0 Å². The molecule has 1 saturated heterocycles. The molecule has 27 heavy (non-hydrogen) atoms. The predicted molar refractivity (Wildman–Crippen MR) is 103 cm³/mol. The summed E-state index contributed by atoms with van der Waals surface area (Å²) in [4.78, 5) is 25.8. The van der Waals surface area contributed by atoms with Gasteiger partial charge in [-0.15, -0.1) is 0 Å². The molecule has 0 N–H and O–H groups in total. The van der Waals surface area contributed by atoms with Gasteiger partial charge in [0.25, 0.3) is 5.91 Å². The summed E-state index contributed by atoms with van der Waals surface area (Å²) in [6.07, 6.45) is 0. The van der Waals surface area contributed by atoms with Crippen molar-refractivity contribution in [1.29, 1.82) is 0 Å². The fourth-order valence-electron chi connectivity index (χ4n) is 2.93. The highest BCUT2D eigenvalue weighted by Gasteiger charge is 2.30. The number of nitrogens with zero attached hydrogens (tertiary/aromatic N) is 2. The number of halogens is 1. The number of amides is 1. The third kappa shape index (κ3) is 4.21. The molecule has 0 bridgehead atoms. The van der Waals surface area contributed by atoms with Gasteiger partial charge in [0, 0.05) is 42.3 Å². The first-order valence-corrected chi connectivity index (χ1v) is 10.3. The highest BCUT2D eigenvalue weighted by Crippen LogP contribution is 2.20. The number of benzene rings is 2. The van der Waals surface area contributed by atoms with Crippen molar-refractivity contribution in [2.45, 2.75) is 11.8 Å². The van der Waals surface area contributed by atoms with Crippen LogP contribution in [0, 0.1) is 0 Å². The summed E-state index contributed by atoms with van der Waals surface area (Å²) in [5.74, 6) is -0.340. The summed E-state index contributed by atoms with van der Waals surface area (Å²) in [7, 11) is -3.71. The summed E-state index contributed by atoms with van der Waals surface area (Å²) in [6.45, 7) is 2.39. The van der Waals surface area contributed by atoms with Gasteiger partial charge in [-0.3, -0.25) is 9.59 Å². The number of rotatable bonds is 4. The average Bonchev–Trinajstić information content (AvgIpc) is 2.68. The van der Waals surface area contributed by atoms with Gasteiger partial charge < -0.3 is 4.90 Å². The molecule has 6 nitrogen and oxygen atoms in total. The molecule has 2 aromatic carbocycles. The van der Waals surface area contributed by atoms with E-state index in [1.165, 1.54) is 23.4 Å². The second-order valence-corrected chi connectivity index (χ2v) is 8.66. The van der Waals surface area contributed by atoms with Gasteiger partial charge in [-0.25, -0.2) is 8.42 Å². The average molecular weight is 407 g/mol. The second kappa shape index (κ2) is 7.80. The summed E-state index contributed by atoms with van der Waals surface area (Å²) in [5, 5.41) is 0.551. The molecule has 0 spiro atoms. The molecule has 142 valence electrons. The number of hydrogen-bond donors (Lipinski definition) is 0. The first-order valence-electron chi connectivity index (χ1n) is 8.45. The van der Waals surface area contributed by atoms with Crippen LogP contribution >= 0.6 is 11.6 Å². The molecular formula is C19H19ClN2O4S. The molecular weight excluding hydrogens is 388 g/mol. The van der Waals surface area contributed by atoms with Crippen LogP contribution in [-0.4, -0.2) is 55.5 Å². The van der Waals surface area contributed by atoms with E-state index >= 15 is 0 Å². The van der Waals surface area contributed by atoms with Crippen molar-refractivity contribution in [3.05, 3.63) is 64.7 Å². The number of sulfonamides is 1. The number of hydrogen-bond acceptors (Lipinski definition) is 4. The molecule has 1 fully saturated rings. The lowest BCUT2D eigenvalue weighted by Gasteiger charge is -2.34. The van der Waals surface area contributed by atoms with Gasteiger partial charge in [0.2, 0.25) is 10.0 Å². The standard InChI is InChI=1S/C19H19ClN2O4S/c1-14(23)16-3-2-4-18(13-16)27(25,26)22-11-9-21(10-12-22)19(24)15-5-7-17(20)8-6-15/h2-8,13H,9-12H2,1H3. The van der Waals surface area contributed by atoms with Crippen molar-refractivity contribution in [3.63, 3.8) is 0 Å². The third-order valence-electron chi connectivity index (χ3n) is 4.50. The van der Waals surface area contributed by atoms with E-state index < -0.39 is 10.0 Å². The summed E-state index contributed by atoms with van der Waals surface area (Å²) in [5.41, 5.74) is 0.873. The SMILES string of the molecule is CC(=O)c1cccc(S(=O)(=O)N2CCN(C(=O)c3ccc(Cl)cc3)CC2)c1. The van der Waals surface area contributed by atoms with Gasteiger partial charge in [-0.05, 0) is 43.3 Å². The molecule has 1 aliphatic heterocycles.